The maximum Gasteiger partial charge on any atom is 0.130 e. The van der Waals surface area contributed by atoms with Gasteiger partial charge in [0.2, 0.25) is 0 Å². The van der Waals surface area contributed by atoms with Crippen LogP contribution >= 0.6 is 0 Å². The number of hydrogen-bond donors (Lipinski definition) is 0. The van der Waals surface area contributed by atoms with Crippen LogP contribution < -0.4 is 5.11 Å². The molecule has 1 heterocycles. The minimum Gasteiger partial charge on any atom is -0.547 e. The van der Waals surface area contributed by atoms with E-state index >= 15 is 0 Å². The first-order valence-corrected chi connectivity index (χ1v) is 2.57. The van der Waals surface area contributed by atoms with Crippen LogP contribution in [0.25, 0.3) is 0 Å². The fourth-order valence-corrected chi connectivity index (χ4v) is 0.553. The normalized spacial score (nSPS) is 34.6. The highest BCUT2D eigenvalue weighted by molar-refractivity contribution is 5.78. The van der Waals surface area contributed by atoms with Gasteiger partial charge in [-0.15, -0.1) is 0 Å². The van der Waals surface area contributed by atoms with Gasteiger partial charge in [0.05, 0.1) is 12.6 Å². The number of ether oxygens (including phenoxy) is 1. The van der Waals surface area contributed by atoms with Gasteiger partial charge in [-0.25, -0.2) is 0 Å². The summed E-state index contributed by atoms with van der Waals surface area (Å²) in [4.78, 5) is 10.1. The monoisotopic (exact) mass is 115 g/mol. The average molecular weight is 115 g/mol. The number of carbonyl (C=O) groups excluding carboxylic acids is 1. The molecule has 8 heavy (non-hydrogen) atoms. The topological polar surface area (TPSA) is 52.7 Å². The molecular weight excluding hydrogens is 108 g/mol. The molecule has 3 heteroatoms. The summed E-state index contributed by atoms with van der Waals surface area (Å²) in [6, 6.07) is 0. The van der Waals surface area contributed by atoms with Gasteiger partial charge >= 0.3 is 0 Å². The highest BCUT2D eigenvalue weighted by atomic mass is 16.6. The van der Waals surface area contributed by atoms with Gasteiger partial charge in [-0.3, -0.25) is 0 Å². The third-order valence-corrected chi connectivity index (χ3v) is 1.44. The molecule has 1 aliphatic rings. The first-order valence-electron chi connectivity index (χ1n) is 2.57. The smallest absolute Gasteiger partial charge is 0.130 e. The van der Waals surface area contributed by atoms with E-state index < -0.39 is 11.6 Å². The maximum absolute atomic E-state index is 10.1. The molecule has 1 fully saturated rings. The number of carboxylic acids is 1. The molecule has 3 nitrogen and oxygen atoms in total. The van der Waals surface area contributed by atoms with Crippen LogP contribution in [0.4, 0.5) is 0 Å². The molecule has 0 N–H and O–H groups in total. The van der Waals surface area contributed by atoms with Gasteiger partial charge in [0.25, 0.3) is 0 Å². The van der Waals surface area contributed by atoms with Gasteiger partial charge in [0, 0.05) is 0 Å². The summed E-state index contributed by atoms with van der Waals surface area (Å²) in [5.74, 6) is -1.08. The van der Waals surface area contributed by atoms with E-state index in [0.717, 1.165) is 0 Å². The van der Waals surface area contributed by atoms with Crippen LogP contribution in [0.1, 0.15) is 13.3 Å². The zero-order valence-electron chi connectivity index (χ0n) is 4.64. The molecule has 1 aliphatic heterocycles. The van der Waals surface area contributed by atoms with Crippen LogP contribution in [0.5, 0.6) is 0 Å². The van der Waals surface area contributed by atoms with Gasteiger partial charge in [0.15, 0.2) is 0 Å². The van der Waals surface area contributed by atoms with Crippen molar-refractivity contribution in [3.63, 3.8) is 0 Å². The molecule has 0 spiro atoms. The van der Waals surface area contributed by atoms with Crippen LogP contribution in [-0.2, 0) is 9.53 Å². The van der Waals surface area contributed by atoms with Crippen molar-refractivity contribution in [3.8, 4) is 0 Å². The van der Waals surface area contributed by atoms with Gasteiger partial charge < -0.3 is 14.6 Å². The Morgan fingerprint density at radius 3 is 2.50 bits per heavy atom. The van der Waals surface area contributed by atoms with Gasteiger partial charge in [-0.2, -0.15) is 0 Å². The van der Waals surface area contributed by atoms with Crippen LogP contribution in [0.3, 0.4) is 0 Å². The van der Waals surface area contributed by atoms with Crippen molar-refractivity contribution in [1.29, 1.82) is 0 Å². The number of hydrogen-bond acceptors (Lipinski definition) is 3. The van der Waals surface area contributed by atoms with Crippen molar-refractivity contribution in [2.75, 3.05) is 6.61 Å². The summed E-state index contributed by atoms with van der Waals surface area (Å²) in [5, 5.41) is 10.1. The molecule has 1 saturated heterocycles. The third kappa shape index (κ3) is 0.591. The Kier molecular flexibility index (Phi) is 1.01. The van der Waals surface area contributed by atoms with Crippen molar-refractivity contribution < 1.29 is 14.6 Å². The SMILES string of the molecule is CC[C@]1(C(=O)[O-])CO1. The van der Waals surface area contributed by atoms with Crippen molar-refractivity contribution in [2.24, 2.45) is 0 Å². The Morgan fingerprint density at radius 1 is 2.00 bits per heavy atom. The number of aliphatic carboxylic acids is 1. The second-order valence-electron chi connectivity index (χ2n) is 1.92. The Morgan fingerprint density at radius 2 is 2.50 bits per heavy atom. The second kappa shape index (κ2) is 1.45. The third-order valence-electron chi connectivity index (χ3n) is 1.44. The van der Waals surface area contributed by atoms with Crippen molar-refractivity contribution in [3.05, 3.63) is 0 Å². The van der Waals surface area contributed by atoms with Crippen LogP contribution in [0.15, 0.2) is 0 Å². The molecule has 0 aromatic rings. The van der Waals surface area contributed by atoms with Crippen LogP contribution in [0, 0.1) is 0 Å². The minimum absolute atomic E-state index is 0.325. The number of carboxylic acid groups (broad SMARTS) is 1. The lowest BCUT2D eigenvalue weighted by molar-refractivity contribution is -0.312. The fourth-order valence-electron chi connectivity index (χ4n) is 0.553. The van der Waals surface area contributed by atoms with Crippen molar-refractivity contribution in [1.82, 2.24) is 0 Å². The fraction of sp³-hybridized carbons (Fsp3) is 0.800. The van der Waals surface area contributed by atoms with Gasteiger partial charge in [-0.05, 0) is 6.42 Å². The largest absolute Gasteiger partial charge is 0.547 e. The zero-order chi connectivity index (χ0) is 6.20. The molecular formula is C5H7O3-. The molecule has 0 saturated carbocycles. The highest BCUT2D eigenvalue weighted by Crippen LogP contribution is 2.29. The number of carbonyl (C=O) groups is 1. The summed E-state index contributed by atoms with van der Waals surface area (Å²) < 4.78 is 4.64. The molecule has 0 aromatic heterocycles. The Bertz CT molecular complexity index is 115. The standard InChI is InChI=1S/C5H8O3/c1-2-5(3-8-5)4(6)7/h2-3H2,1H3,(H,6,7)/p-1/t5-/m1/s1. The molecule has 0 aromatic carbocycles. The van der Waals surface area contributed by atoms with Crippen LogP contribution in [-0.4, -0.2) is 18.2 Å². The molecule has 0 unspecified atom stereocenters. The predicted octanol–water partition coefficient (Wildman–Crippen LogP) is -1.08. The quantitative estimate of drug-likeness (QED) is 0.430. The first kappa shape index (κ1) is 5.56. The van der Waals surface area contributed by atoms with E-state index in [9.17, 15) is 9.90 Å². The molecule has 1 atom stereocenters. The molecule has 0 bridgehead atoms. The Labute approximate surface area is 47.3 Å². The second-order valence-corrected chi connectivity index (χ2v) is 1.92. The first-order chi connectivity index (χ1) is 3.71. The molecule has 46 valence electrons. The lowest BCUT2D eigenvalue weighted by Gasteiger charge is -2.07. The highest BCUT2D eigenvalue weighted by Gasteiger charge is 2.44. The van der Waals surface area contributed by atoms with Crippen LogP contribution in [0.2, 0.25) is 0 Å². The Hall–Kier alpha value is -0.570. The lowest BCUT2D eigenvalue weighted by Crippen LogP contribution is -2.38. The van der Waals surface area contributed by atoms with Crippen molar-refractivity contribution in [2.45, 2.75) is 18.9 Å². The van der Waals surface area contributed by atoms with E-state index in [-0.39, 0.29) is 0 Å². The van der Waals surface area contributed by atoms with E-state index in [0.29, 0.717) is 13.0 Å². The molecule has 0 radical (unpaired) electrons. The maximum atomic E-state index is 10.1. The lowest BCUT2D eigenvalue weighted by atomic mass is 10.1. The minimum atomic E-state index is -1.08. The van der Waals surface area contributed by atoms with E-state index in [1.807, 2.05) is 0 Å². The summed E-state index contributed by atoms with van der Waals surface area (Å²) in [6.45, 7) is 2.09. The molecule has 1 rings (SSSR count). The van der Waals surface area contributed by atoms with E-state index in [4.69, 9.17) is 0 Å². The summed E-state index contributed by atoms with van der Waals surface area (Å²) in [6.07, 6.45) is 0.509. The molecule has 0 amide bonds. The molecule has 0 aliphatic carbocycles. The van der Waals surface area contributed by atoms with Gasteiger partial charge in [-0.1, -0.05) is 6.92 Å². The van der Waals surface area contributed by atoms with E-state index in [2.05, 4.69) is 4.74 Å². The van der Waals surface area contributed by atoms with E-state index in [1.54, 1.807) is 6.92 Å². The van der Waals surface area contributed by atoms with Crippen molar-refractivity contribution >= 4 is 5.97 Å². The number of rotatable bonds is 2. The summed E-state index contributed by atoms with van der Waals surface area (Å²) in [7, 11) is 0. The summed E-state index contributed by atoms with van der Waals surface area (Å²) in [5.41, 5.74) is -0.903. The summed E-state index contributed by atoms with van der Waals surface area (Å²) >= 11 is 0. The average Bonchev–Trinajstić information content (AvgIpc) is 2.44. The van der Waals surface area contributed by atoms with Gasteiger partial charge in [0.1, 0.15) is 5.60 Å². The Balaban J connectivity index is 2.53. The van der Waals surface area contributed by atoms with E-state index in [1.165, 1.54) is 0 Å². The predicted molar refractivity (Wildman–Crippen MR) is 24.0 cm³/mol. The zero-order valence-corrected chi connectivity index (χ0v) is 4.64. The number of epoxide rings is 1.